The van der Waals surface area contributed by atoms with Crippen molar-refractivity contribution in [2.75, 3.05) is 5.32 Å². The SMILES string of the molecule is CCCn1c(=O)c(C(=O)Nc2c(O)c3ccccc3[nH]c2=O)c(O)c2ccccc21. The lowest BCUT2D eigenvalue weighted by molar-refractivity contribution is 0.102. The van der Waals surface area contributed by atoms with Crippen molar-refractivity contribution in [3.8, 4) is 11.5 Å². The number of hydrogen-bond acceptors (Lipinski definition) is 5. The number of H-pyrrole nitrogens is 1. The molecular formula is C22H19N3O5. The summed E-state index contributed by atoms with van der Waals surface area (Å²) in [6, 6.07) is 13.3. The van der Waals surface area contributed by atoms with E-state index in [1.165, 1.54) is 4.57 Å². The molecule has 0 spiro atoms. The third kappa shape index (κ3) is 2.98. The van der Waals surface area contributed by atoms with Gasteiger partial charge in [0, 0.05) is 17.3 Å². The lowest BCUT2D eigenvalue weighted by atomic mass is 10.1. The first kappa shape index (κ1) is 19.3. The Kier molecular flexibility index (Phi) is 4.75. The van der Waals surface area contributed by atoms with E-state index in [2.05, 4.69) is 10.3 Å². The number of aromatic amines is 1. The third-order valence-electron chi connectivity index (χ3n) is 4.95. The van der Waals surface area contributed by atoms with Crippen LogP contribution in [0.2, 0.25) is 0 Å². The number of aryl methyl sites for hydroxylation is 1. The number of amides is 1. The maximum absolute atomic E-state index is 13.0. The summed E-state index contributed by atoms with van der Waals surface area (Å²) in [6.45, 7) is 2.24. The summed E-state index contributed by atoms with van der Waals surface area (Å²) in [5.74, 6) is -1.88. The summed E-state index contributed by atoms with van der Waals surface area (Å²) in [5, 5.41) is 24.1. The molecule has 0 radical (unpaired) electrons. The predicted molar refractivity (Wildman–Crippen MR) is 114 cm³/mol. The molecule has 152 valence electrons. The number of rotatable bonds is 4. The third-order valence-corrected chi connectivity index (χ3v) is 4.95. The van der Waals surface area contributed by atoms with Gasteiger partial charge < -0.3 is 25.1 Å². The molecule has 2 heterocycles. The molecule has 0 saturated carbocycles. The van der Waals surface area contributed by atoms with E-state index in [1.54, 1.807) is 48.5 Å². The monoisotopic (exact) mass is 405 g/mol. The molecule has 1 amide bonds. The fourth-order valence-electron chi connectivity index (χ4n) is 3.56. The average Bonchev–Trinajstić information content (AvgIpc) is 2.74. The van der Waals surface area contributed by atoms with Gasteiger partial charge in [-0.2, -0.15) is 0 Å². The number of carbonyl (C=O) groups is 1. The number of pyridine rings is 2. The van der Waals surface area contributed by atoms with E-state index in [0.29, 0.717) is 34.8 Å². The van der Waals surface area contributed by atoms with Crippen LogP contribution in [0.3, 0.4) is 0 Å². The van der Waals surface area contributed by atoms with Gasteiger partial charge in [-0.05, 0) is 30.7 Å². The molecule has 8 heteroatoms. The van der Waals surface area contributed by atoms with Crippen LogP contribution in [0.5, 0.6) is 11.5 Å². The van der Waals surface area contributed by atoms with Crippen molar-refractivity contribution in [3.05, 3.63) is 74.8 Å². The lowest BCUT2D eigenvalue weighted by Gasteiger charge is -2.15. The van der Waals surface area contributed by atoms with Crippen molar-refractivity contribution < 1.29 is 15.0 Å². The van der Waals surface area contributed by atoms with Gasteiger partial charge in [0.25, 0.3) is 17.0 Å². The molecule has 0 aliphatic rings. The van der Waals surface area contributed by atoms with E-state index >= 15 is 0 Å². The lowest BCUT2D eigenvalue weighted by Crippen LogP contribution is -2.31. The Morgan fingerprint density at radius 1 is 1.00 bits per heavy atom. The second-order valence-electron chi connectivity index (χ2n) is 6.87. The summed E-state index contributed by atoms with van der Waals surface area (Å²) < 4.78 is 1.41. The van der Waals surface area contributed by atoms with Crippen molar-refractivity contribution in [2.45, 2.75) is 19.9 Å². The molecule has 0 bridgehead atoms. The van der Waals surface area contributed by atoms with Crippen LogP contribution in [-0.4, -0.2) is 25.7 Å². The second-order valence-corrected chi connectivity index (χ2v) is 6.87. The van der Waals surface area contributed by atoms with Crippen molar-refractivity contribution in [1.82, 2.24) is 9.55 Å². The molecule has 4 N–H and O–H groups in total. The van der Waals surface area contributed by atoms with Gasteiger partial charge in [-0.25, -0.2) is 0 Å². The van der Waals surface area contributed by atoms with Crippen molar-refractivity contribution in [1.29, 1.82) is 0 Å². The zero-order valence-corrected chi connectivity index (χ0v) is 16.1. The largest absolute Gasteiger partial charge is 0.506 e. The molecule has 0 fully saturated rings. The number of nitrogens with zero attached hydrogens (tertiary/aromatic N) is 1. The number of hydrogen-bond donors (Lipinski definition) is 4. The number of fused-ring (bicyclic) bond motifs is 2. The van der Waals surface area contributed by atoms with Crippen LogP contribution in [0.25, 0.3) is 21.8 Å². The molecule has 2 aromatic carbocycles. The van der Waals surface area contributed by atoms with Gasteiger partial charge in [-0.15, -0.1) is 0 Å². The van der Waals surface area contributed by atoms with Crippen LogP contribution in [0.1, 0.15) is 23.7 Å². The number of anilines is 1. The highest BCUT2D eigenvalue weighted by molar-refractivity contribution is 6.10. The second kappa shape index (κ2) is 7.40. The molecule has 4 rings (SSSR count). The standard InChI is InChI=1S/C22H19N3O5/c1-2-11-25-15-10-6-4-8-13(15)18(26)16(22(25)30)20(28)24-17-19(27)12-7-3-5-9-14(12)23-21(17)29/h3-10,26H,2,11H2,1H3,(H,24,28)(H2,23,27,29). The highest BCUT2D eigenvalue weighted by Gasteiger charge is 2.24. The summed E-state index contributed by atoms with van der Waals surface area (Å²) in [5.41, 5.74) is -1.39. The maximum atomic E-state index is 13.0. The van der Waals surface area contributed by atoms with E-state index in [4.69, 9.17) is 0 Å². The van der Waals surface area contributed by atoms with Gasteiger partial charge >= 0.3 is 0 Å². The number of para-hydroxylation sites is 2. The fraction of sp³-hybridized carbons (Fsp3) is 0.136. The summed E-state index contributed by atoms with van der Waals surface area (Å²) in [7, 11) is 0. The Labute approximate surface area is 170 Å². The predicted octanol–water partition coefficient (Wildman–Crippen LogP) is 2.92. The number of aromatic nitrogens is 2. The van der Waals surface area contributed by atoms with Crippen molar-refractivity contribution in [2.24, 2.45) is 0 Å². The normalized spacial score (nSPS) is 11.1. The Bertz CT molecular complexity index is 1420. The van der Waals surface area contributed by atoms with Gasteiger partial charge in [0.15, 0.2) is 11.4 Å². The van der Waals surface area contributed by atoms with Gasteiger partial charge in [0.2, 0.25) is 0 Å². The van der Waals surface area contributed by atoms with Crippen LogP contribution >= 0.6 is 0 Å². The smallest absolute Gasteiger partial charge is 0.276 e. The molecule has 0 aliphatic carbocycles. The van der Waals surface area contributed by atoms with Gasteiger partial charge in [0.05, 0.1) is 11.0 Å². The first-order chi connectivity index (χ1) is 14.4. The van der Waals surface area contributed by atoms with E-state index in [-0.39, 0.29) is 0 Å². The minimum Gasteiger partial charge on any atom is -0.506 e. The quantitative estimate of drug-likeness (QED) is 0.416. The summed E-state index contributed by atoms with van der Waals surface area (Å²) >= 11 is 0. The number of nitrogens with one attached hydrogen (secondary N) is 2. The van der Waals surface area contributed by atoms with Crippen molar-refractivity contribution in [3.63, 3.8) is 0 Å². The topological polar surface area (TPSA) is 124 Å². The Balaban J connectivity index is 1.88. The first-order valence-electron chi connectivity index (χ1n) is 9.43. The van der Waals surface area contributed by atoms with Gasteiger partial charge in [-0.1, -0.05) is 31.2 Å². The fourth-order valence-corrected chi connectivity index (χ4v) is 3.56. The summed E-state index contributed by atoms with van der Waals surface area (Å²) in [6.07, 6.45) is 0.640. The zero-order chi connectivity index (χ0) is 21.4. The van der Waals surface area contributed by atoms with E-state index in [1.807, 2.05) is 6.92 Å². The van der Waals surface area contributed by atoms with E-state index in [9.17, 15) is 24.6 Å². The molecular weight excluding hydrogens is 386 g/mol. The minimum atomic E-state index is -0.982. The summed E-state index contributed by atoms with van der Waals surface area (Å²) in [4.78, 5) is 40.9. The van der Waals surface area contributed by atoms with Crippen LogP contribution in [0.15, 0.2) is 58.1 Å². The zero-order valence-electron chi connectivity index (χ0n) is 16.1. The maximum Gasteiger partial charge on any atom is 0.276 e. The molecule has 0 saturated heterocycles. The van der Waals surface area contributed by atoms with E-state index in [0.717, 1.165) is 0 Å². The molecule has 2 aromatic heterocycles. The molecule has 0 aliphatic heterocycles. The highest BCUT2D eigenvalue weighted by Crippen LogP contribution is 2.30. The number of carbonyl (C=O) groups excluding carboxylic acids is 1. The average molecular weight is 405 g/mol. The molecule has 8 nitrogen and oxygen atoms in total. The first-order valence-corrected chi connectivity index (χ1v) is 9.43. The van der Waals surface area contributed by atoms with Crippen LogP contribution in [-0.2, 0) is 6.54 Å². The Morgan fingerprint density at radius 2 is 1.67 bits per heavy atom. The Hall–Kier alpha value is -4.07. The van der Waals surface area contributed by atoms with Crippen LogP contribution in [0.4, 0.5) is 5.69 Å². The van der Waals surface area contributed by atoms with Gasteiger partial charge in [0.1, 0.15) is 11.3 Å². The van der Waals surface area contributed by atoms with E-state index < -0.39 is 39.8 Å². The molecule has 30 heavy (non-hydrogen) atoms. The van der Waals surface area contributed by atoms with Crippen LogP contribution < -0.4 is 16.4 Å². The van der Waals surface area contributed by atoms with Gasteiger partial charge in [-0.3, -0.25) is 14.4 Å². The molecule has 0 atom stereocenters. The molecule has 0 unspecified atom stereocenters. The minimum absolute atomic E-state index is 0.332. The highest BCUT2D eigenvalue weighted by atomic mass is 16.3. The Morgan fingerprint density at radius 3 is 2.40 bits per heavy atom. The van der Waals surface area contributed by atoms with Crippen molar-refractivity contribution >= 4 is 33.4 Å². The number of aromatic hydroxyl groups is 2. The molecule has 4 aromatic rings. The number of benzene rings is 2. The van der Waals surface area contributed by atoms with Crippen LogP contribution in [0, 0.1) is 0 Å².